The topological polar surface area (TPSA) is 53.4 Å². The fraction of sp³-hybridized carbons (Fsp3) is 0.538. The number of hydrogen-bond acceptors (Lipinski definition) is 3. The van der Waals surface area contributed by atoms with E-state index in [4.69, 9.17) is 16.7 Å². The van der Waals surface area contributed by atoms with Crippen LogP contribution in [-0.4, -0.2) is 28.6 Å². The zero-order chi connectivity index (χ0) is 12.7. The van der Waals surface area contributed by atoms with E-state index < -0.39 is 5.97 Å². The molecule has 0 radical (unpaired) electrons. The van der Waals surface area contributed by atoms with Gasteiger partial charge in [0.2, 0.25) is 0 Å². The molecular weight excluding hydrogens is 252 g/mol. The van der Waals surface area contributed by atoms with Gasteiger partial charge in [-0.3, -0.25) is 0 Å². The van der Waals surface area contributed by atoms with Gasteiger partial charge in [0.15, 0.2) is 0 Å². The Kier molecular flexibility index (Phi) is 2.90. The lowest BCUT2D eigenvalue weighted by Gasteiger charge is -2.24. The van der Waals surface area contributed by atoms with E-state index in [1.54, 1.807) is 0 Å². The molecule has 18 heavy (non-hydrogen) atoms. The zero-order valence-electron chi connectivity index (χ0n) is 9.97. The van der Waals surface area contributed by atoms with Gasteiger partial charge in [-0.05, 0) is 37.7 Å². The van der Waals surface area contributed by atoms with Crippen molar-refractivity contribution in [1.29, 1.82) is 0 Å². The van der Waals surface area contributed by atoms with Crippen LogP contribution in [0.2, 0.25) is 5.02 Å². The molecule has 0 amide bonds. The molecular formula is C13H15ClN2O2. The van der Waals surface area contributed by atoms with Crippen molar-refractivity contribution in [3.63, 3.8) is 0 Å². The van der Waals surface area contributed by atoms with Gasteiger partial charge in [-0.1, -0.05) is 11.6 Å². The van der Waals surface area contributed by atoms with Crippen LogP contribution >= 0.6 is 11.6 Å². The molecule has 0 spiro atoms. The van der Waals surface area contributed by atoms with E-state index in [0.29, 0.717) is 11.9 Å². The summed E-state index contributed by atoms with van der Waals surface area (Å²) in [5, 5.41) is 9.37. The van der Waals surface area contributed by atoms with E-state index in [0.717, 1.165) is 25.3 Å². The fourth-order valence-corrected chi connectivity index (χ4v) is 2.47. The average molecular weight is 267 g/mol. The molecule has 3 rings (SSSR count). The monoisotopic (exact) mass is 266 g/mol. The Morgan fingerprint density at radius 3 is 2.72 bits per heavy atom. The third-order valence-corrected chi connectivity index (χ3v) is 3.89. The second kappa shape index (κ2) is 4.43. The SMILES string of the molecule is O=C(O)c1ccnc(N(CC2CC2)C2CC2)c1Cl. The summed E-state index contributed by atoms with van der Waals surface area (Å²) in [5.41, 5.74) is 0.142. The van der Waals surface area contributed by atoms with Gasteiger partial charge in [-0.25, -0.2) is 9.78 Å². The minimum atomic E-state index is -0.995. The standard InChI is InChI=1S/C13H15ClN2O2/c14-11-10(13(17)18)5-6-15-12(11)16(9-3-4-9)7-8-1-2-8/h5-6,8-9H,1-4,7H2,(H,17,18). The smallest absolute Gasteiger partial charge is 0.337 e. The van der Waals surface area contributed by atoms with Gasteiger partial charge in [-0.15, -0.1) is 0 Å². The van der Waals surface area contributed by atoms with E-state index in [9.17, 15) is 4.79 Å². The van der Waals surface area contributed by atoms with Gasteiger partial charge in [0.05, 0.1) is 10.6 Å². The third-order valence-electron chi connectivity index (χ3n) is 3.51. The summed E-state index contributed by atoms with van der Waals surface area (Å²) in [6.07, 6.45) is 6.37. The summed E-state index contributed by atoms with van der Waals surface area (Å²) in [4.78, 5) is 17.6. The molecule has 0 aliphatic heterocycles. The van der Waals surface area contributed by atoms with Crippen molar-refractivity contribution in [2.24, 2.45) is 5.92 Å². The van der Waals surface area contributed by atoms with Crippen LogP contribution in [0, 0.1) is 5.92 Å². The molecule has 0 unspecified atom stereocenters. The Bertz CT molecular complexity index is 484. The highest BCUT2D eigenvalue weighted by Crippen LogP contribution is 2.39. The Hall–Kier alpha value is -1.29. The number of hydrogen-bond donors (Lipinski definition) is 1. The number of carboxylic acid groups (broad SMARTS) is 1. The third kappa shape index (κ3) is 2.29. The molecule has 0 saturated heterocycles. The molecule has 2 fully saturated rings. The van der Waals surface area contributed by atoms with Crippen LogP contribution in [-0.2, 0) is 0 Å². The van der Waals surface area contributed by atoms with E-state index in [1.165, 1.54) is 25.1 Å². The van der Waals surface area contributed by atoms with E-state index >= 15 is 0 Å². The van der Waals surface area contributed by atoms with Crippen LogP contribution in [0.5, 0.6) is 0 Å². The van der Waals surface area contributed by atoms with Gasteiger partial charge in [-0.2, -0.15) is 0 Å². The number of pyridine rings is 1. The second-order valence-electron chi connectivity index (χ2n) is 5.13. The van der Waals surface area contributed by atoms with Gasteiger partial charge in [0.25, 0.3) is 0 Å². The molecule has 0 atom stereocenters. The second-order valence-corrected chi connectivity index (χ2v) is 5.51. The van der Waals surface area contributed by atoms with Crippen LogP contribution < -0.4 is 4.90 Å². The number of anilines is 1. The van der Waals surface area contributed by atoms with Crippen molar-refractivity contribution in [3.8, 4) is 0 Å². The molecule has 2 aliphatic rings. The highest BCUT2D eigenvalue weighted by Gasteiger charge is 2.35. The number of halogens is 1. The van der Waals surface area contributed by atoms with Crippen LogP contribution in [0.4, 0.5) is 5.82 Å². The van der Waals surface area contributed by atoms with Crippen LogP contribution in [0.3, 0.4) is 0 Å². The van der Waals surface area contributed by atoms with E-state index in [2.05, 4.69) is 9.88 Å². The Labute approximate surface area is 111 Å². The Balaban J connectivity index is 1.92. The van der Waals surface area contributed by atoms with Gasteiger partial charge in [0.1, 0.15) is 5.82 Å². The largest absolute Gasteiger partial charge is 0.478 e. The lowest BCUT2D eigenvalue weighted by molar-refractivity contribution is 0.0697. The lowest BCUT2D eigenvalue weighted by atomic mass is 10.2. The molecule has 1 aromatic rings. The molecule has 5 heteroatoms. The van der Waals surface area contributed by atoms with Crippen molar-refractivity contribution in [2.45, 2.75) is 31.7 Å². The van der Waals surface area contributed by atoms with Crippen molar-refractivity contribution >= 4 is 23.4 Å². The van der Waals surface area contributed by atoms with Crippen LogP contribution in [0.25, 0.3) is 0 Å². The lowest BCUT2D eigenvalue weighted by Crippen LogP contribution is -2.29. The number of rotatable bonds is 5. The van der Waals surface area contributed by atoms with Crippen LogP contribution in [0.15, 0.2) is 12.3 Å². The maximum atomic E-state index is 11.1. The molecule has 2 aliphatic carbocycles. The maximum Gasteiger partial charge on any atom is 0.337 e. The molecule has 0 bridgehead atoms. The van der Waals surface area contributed by atoms with Crippen molar-refractivity contribution in [3.05, 3.63) is 22.8 Å². The number of carbonyl (C=O) groups is 1. The maximum absolute atomic E-state index is 11.1. The highest BCUT2D eigenvalue weighted by atomic mass is 35.5. The summed E-state index contributed by atoms with van der Waals surface area (Å²) < 4.78 is 0. The number of nitrogens with zero attached hydrogens (tertiary/aromatic N) is 2. The first-order valence-electron chi connectivity index (χ1n) is 6.31. The first-order valence-corrected chi connectivity index (χ1v) is 6.69. The molecule has 1 aromatic heterocycles. The van der Waals surface area contributed by atoms with Crippen molar-refractivity contribution in [2.75, 3.05) is 11.4 Å². The van der Waals surface area contributed by atoms with Crippen molar-refractivity contribution in [1.82, 2.24) is 4.98 Å². The molecule has 0 aromatic carbocycles. The quantitative estimate of drug-likeness (QED) is 0.890. The predicted octanol–water partition coefficient (Wildman–Crippen LogP) is 2.81. The van der Waals surface area contributed by atoms with E-state index in [1.807, 2.05) is 0 Å². The van der Waals surface area contributed by atoms with Gasteiger partial charge in [0, 0.05) is 18.8 Å². The normalized spacial score (nSPS) is 18.7. The van der Waals surface area contributed by atoms with Crippen LogP contribution in [0.1, 0.15) is 36.0 Å². The first kappa shape index (κ1) is 11.8. The molecule has 4 nitrogen and oxygen atoms in total. The summed E-state index contributed by atoms with van der Waals surface area (Å²) >= 11 is 6.19. The minimum Gasteiger partial charge on any atom is -0.478 e. The Morgan fingerprint density at radius 2 is 2.17 bits per heavy atom. The Morgan fingerprint density at radius 1 is 1.44 bits per heavy atom. The zero-order valence-corrected chi connectivity index (χ0v) is 10.7. The molecule has 1 N–H and O–H groups in total. The summed E-state index contributed by atoms with van der Waals surface area (Å²) in [6, 6.07) is 1.95. The fourth-order valence-electron chi connectivity index (χ4n) is 2.17. The molecule has 2 saturated carbocycles. The van der Waals surface area contributed by atoms with E-state index in [-0.39, 0.29) is 10.6 Å². The predicted molar refractivity (Wildman–Crippen MR) is 69.3 cm³/mol. The van der Waals surface area contributed by atoms with Gasteiger partial charge < -0.3 is 10.0 Å². The first-order chi connectivity index (χ1) is 8.66. The summed E-state index contributed by atoms with van der Waals surface area (Å²) in [5.74, 6) is 0.383. The molecule has 96 valence electrons. The highest BCUT2D eigenvalue weighted by molar-refractivity contribution is 6.35. The van der Waals surface area contributed by atoms with Gasteiger partial charge >= 0.3 is 5.97 Å². The summed E-state index contributed by atoms with van der Waals surface area (Å²) in [6.45, 7) is 0.959. The summed E-state index contributed by atoms with van der Waals surface area (Å²) in [7, 11) is 0. The van der Waals surface area contributed by atoms with Crippen molar-refractivity contribution < 1.29 is 9.90 Å². The minimum absolute atomic E-state index is 0.142. The number of carboxylic acids is 1. The number of aromatic carboxylic acids is 1. The molecule has 1 heterocycles. The average Bonchev–Trinajstić information content (AvgIpc) is 3.19. The number of aromatic nitrogens is 1.